The van der Waals surface area contributed by atoms with Gasteiger partial charge in [-0.05, 0) is 25.7 Å². The van der Waals surface area contributed by atoms with Crippen molar-refractivity contribution >= 4 is 0 Å². The standard InChI is InChI=1S/4C7H15O2.Ti/c4*1-3-4-5-9-6-7(2)8;/h4*7H,3-6H2,1-2H3;/q4*-1;+4. The molecule has 0 aromatic rings. The molecule has 0 aliphatic carbocycles. The van der Waals surface area contributed by atoms with Crippen LogP contribution in [0.25, 0.3) is 0 Å². The minimum absolute atomic E-state index is 0. The molecule has 0 saturated heterocycles. The van der Waals surface area contributed by atoms with Crippen molar-refractivity contribution in [3.63, 3.8) is 0 Å². The van der Waals surface area contributed by atoms with Gasteiger partial charge in [-0.2, -0.15) is 0 Å². The largest absolute Gasteiger partial charge is 4.00 e. The van der Waals surface area contributed by atoms with E-state index in [1.54, 1.807) is 27.7 Å². The van der Waals surface area contributed by atoms with Crippen molar-refractivity contribution in [1.29, 1.82) is 0 Å². The third-order valence-corrected chi connectivity index (χ3v) is 3.98. The summed E-state index contributed by atoms with van der Waals surface area (Å²) in [5.74, 6) is 0. The van der Waals surface area contributed by atoms with Gasteiger partial charge >= 0.3 is 21.7 Å². The Balaban J connectivity index is -0.000000122. The second kappa shape index (κ2) is 43.4. The molecule has 0 fully saturated rings. The van der Waals surface area contributed by atoms with Gasteiger partial charge in [0.15, 0.2) is 0 Å². The van der Waals surface area contributed by atoms with Crippen LogP contribution >= 0.6 is 0 Å². The molecule has 0 saturated carbocycles. The van der Waals surface area contributed by atoms with Crippen LogP contribution in [0.3, 0.4) is 0 Å². The van der Waals surface area contributed by atoms with E-state index in [-0.39, 0.29) is 21.7 Å². The summed E-state index contributed by atoms with van der Waals surface area (Å²) in [4.78, 5) is 0. The Labute approximate surface area is 244 Å². The van der Waals surface area contributed by atoms with Gasteiger partial charge in [0.05, 0.1) is 0 Å². The Morgan fingerprint density at radius 2 is 0.568 bits per heavy atom. The maximum Gasteiger partial charge on any atom is 4.00 e. The predicted molar refractivity (Wildman–Crippen MR) is 141 cm³/mol. The zero-order valence-corrected chi connectivity index (χ0v) is 27.0. The molecule has 37 heavy (non-hydrogen) atoms. The van der Waals surface area contributed by atoms with Crippen molar-refractivity contribution in [1.82, 2.24) is 0 Å². The van der Waals surface area contributed by atoms with E-state index in [0.29, 0.717) is 26.4 Å². The van der Waals surface area contributed by atoms with Crippen LogP contribution in [0.1, 0.15) is 107 Å². The maximum absolute atomic E-state index is 10.4. The smallest absolute Gasteiger partial charge is 0.851 e. The number of ether oxygens (including phenoxy) is 4. The van der Waals surface area contributed by atoms with Crippen molar-refractivity contribution in [3.8, 4) is 0 Å². The molecule has 0 N–H and O–H groups in total. The summed E-state index contributed by atoms with van der Waals surface area (Å²) >= 11 is 0. The van der Waals surface area contributed by atoms with E-state index in [2.05, 4.69) is 27.7 Å². The van der Waals surface area contributed by atoms with Gasteiger partial charge in [-0.25, -0.2) is 0 Å². The minimum Gasteiger partial charge on any atom is -0.851 e. The third kappa shape index (κ3) is 72.3. The molecule has 0 rings (SSSR count). The monoisotopic (exact) mass is 572 g/mol. The van der Waals surface area contributed by atoms with E-state index in [9.17, 15) is 20.4 Å². The molecule has 0 radical (unpaired) electrons. The van der Waals surface area contributed by atoms with E-state index in [0.717, 1.165) is 77.8 Å². The Kier molecular flexibility index (Phi) is 55.4. The third-order valence-electron chi connectivity index (χ3n) is 3.98. The quantitative estimate of drug-likeness (QED) is 0.160. The van der Waals surface area contributed by atoms with Crippen LogP contribution in [0.5, 0.6) is 0 Å². The van der Waals surface area contributed by atoms with E-state index in [1.807, 2.05) is 0 Å². The predicted octanol–water partition coefficient (Wildman–Crippen LogP) is 2.21. The van der Waals surface area contributed by atoms with Crippen LogP contribution in [0.15, 0.2) is 0 Å². The molecule has 0 aliphatic rings. The zero-order valence-electron chi connectivity index (χ0n) is 25.4. The molecular weight excluding hydrogens is 512 g/mol. The average molecular weight is 573 g/mol. The molecule has 224 valence electrons. The second-order valence-corrected chi connectivity index (χ2v) is 8.96. The van der Waals surface area contributed by atoms with Crippen LogP contribution in [0.4, 0.5) is 0 Å². The molecule has 0 aromatic heterocycles. The first-order valence-corrected chi connectivity index (χ1v) is 14.0. The molecule has 0 aromatic carbocycles. The normalized spacial score (nSPS) is 13.3. The van der Waals surface area contributed by atoms with Crippen molar-refractivity contribution < 1.29 is 61.1 Å². The summed E-state index contributed by atoms with van der Waals surface area (Å²) in [6.07, 6.45) is 6.51. The summed E-state index contributed by atoms with van der Waals surface area (Å²) < 4.78 is 20.1. The number of hydrogen-bond acceptors (Lipinski definition) is 8. The molecule has 0 heterocycles. The Hall–Kier alpha value is 0.394. The summed E-state index contributed by atoms with van der Waals surface area (Å²) in [6.45, 7) is 19.3. The van der Waals surface area contributed by atoms with Gasteiger partial charge in [-0.3, -0.25) is 0 Å². The molecule has 4 atom stereocenters. The van der Waals surface area contributed by atoms with Gasteiger partial charge in [-0.1, -0.05) is 81.1 Å². The molecule has 0 amide bonds. The molecular formula is C28H60O8Ti. The summed E-state index contributed by atoms with van der Waals surface area (Å²) in [5.41, 5.74) is 0. The average Bonchev–Trinajstić information content (AvgIpc) is 2.81. The van der Waals surface area contributed by atoms with E-state index < -0.39 is 24.4 Å². The summed E-state index contributed by atoms with van der Waals surface area (Å²) in [5, 5.41) is 41.5. The van der Waals surface area contributed by atoms with Gasteiger partial charge in [0.1, 0.15) is 0 Å². The topological polar surface area (TPSA) is 129 Å². The molecule has 8 nitrogen and oxygen atoms in total. The molecule has 9 heteroatoms. The van der Waals surface area contributed by atoms with Crippen molar-refractivity contribution in [2.75, 3.05) is 52.9 Å². The fraction of sp³-hybridized carbons (Fsp3) is 1.00. The number of hydrogen-bond donors (Lipinski definition) is 0. The van der Waals surface area contributed by atoms with Gasteiger partial charge in [0, 0.05) is 52.9 Å². The molecule has 0 spiro atoms. The molecule has 0 aliphatic heterocycles. The first-order valence-electron chi connectivity index (χ1n) is 14.0. The van der Waals surface area contributed by atoms with Gasteiger partial charge in [0.2, 0.25) is 0 Å². The van der Waals surface area contributed by atoms with E-state index >= 15 is 0 Å². The summed E-state index contributed by atoms with van der Waals surface area (Å²) in [6, 6.07) is 0. The fourth-order valence-electron chi connectivity index (χ4n) is 1.98. The SMILES string of the molecule is CCCCOCC(C)[O-].CCCCOCC(C)[O-].CCCCOCC(C)[O-].CCCCOCC(C)[O-].[Ti+4]. The van der Waals surface area contributed by atoms with Crippen LogP contribution in [-0.4, -0.2) is 77.3 Å². The van der Waals surface area contributed by atoms with Crippen molar-refractivity contribution in [2.45, 2.75) is 131 Å². The minimum atomic E-state index is -0.568. The zero-order chi connectivity index (χ0) is 28.5. The first-order chi connectivity index (χ1) is 17.1. The Morgan fingerprint density at radius 3 is 0.676 bits per heavy atom. The van der Waals surface area contributed by atoms with Crippen LogP contribution in [0, 0.1) is 0 Å². The van der Waals surface area contributed by atoms with Gasteiger partial charge < -0.3 is 39.4 Å². The van der Waals surface area contributed by atoms with Gasteiger partial charge in [0.25, 0.3) is 0 Å². The number of unbranched alkanes of at least 4 members (excludes halogenated alkanes) is 4. The fourth-order valence-corrected chi connectivity index (χ4v) is 1.98. The second-order valence-electron chi connectivity index (χ2n) is 8.96. The summed E-state index contributed by atoms with van der Waals surface area (Å²) in [7, 11) is 0. The Morgan fingerprint density at radius 1 is 0.405 bits per heavy atom. The van der Waals surface area contributed by atoms with E-state index in [4.69, 9.17) is 18.9 Å². The van der Waals surface area contributed by atoms with Crippen molar-refractivity contribution in [2.24, 2.45) is 0 Å². The van der Waals surface area contributed by atoms with Crippen LogP contribution < -0.4 is 20.4 Å². The van der Waals surface area contributed by atoms with Crippen molar-refractivity contribution in [3.05, 3.63) is 0 Å². The van der Waals surface area contributed by atoms with Crippen LogP contribution in [-0.2, 0) is 40.7 Å². The van der Waals surface area contributed by atoms with Gasteiger partial charge in [-0.15, -0.1) is 24.4 Å². The molecule has 0 bridgehead atoms. The maximum atomic E-state index is 10.4. The van der Waals surface area contributed by atoms with E-state index in [1.165, 1.54) is 0 Å². The Bertz CT molecular complexity index is 282. The first kappa shape index (κ1) is 47.2. The van der Waals surface area contributed by atoms with Crippen LogP contribution in [0.2, 0.25) is 0 Å². The molecule has 4 unspecified atom stereocenters. The number of rotatable bonds is 20.